The molecule has 2 atom stereocenters. The van der Waals surface area contributed by atoms with E-state index in [0.717, 1.165) is 31.5 Å². The molecular formula is C10H20N2O. The molecule has 1 aliphatic carbocycles. The van der Waals surface area contributed by atoms with Gasteiger partial charge < -0.3 is 10.6 Å². The summed E-state index contributed by atoms with van der Waals surface area (Å²) in [5.41, 5.74) is 0. The third kappa shape index (κ3) is 4.27. The van der Waals surface area contributed by atoms with Crippen LogP contribution in [0.4, 0.5) is 0 Å². The van der Waals surface area contributed by atoms with E-state index in [4.69, 9.17) is 0 Å². The summed E-state index contributed by atoms with van der Waals surface area (Å²) in [5.74, 6) is 1.92. The molecule has 2 unspecified atom stereocenters. The summed E-state index contributed by atoms with van der Waals surface area (Å²) in [7, 11) is 0. The van der Waals surface area contributed by atoms with Gasteiger partial charge in [0.15, 0.2) is 0 Å². The first-order valence-electron chi connectivity index (χ1n) is 5.21. The lowest BCUT2D eigenvalue weighted by molar-refractivity contribution is -0.120. The number of carbonyl (C=O) groups excluding carboxylic acids is 1. The second-order valence-electron chi connectivity index (χ2n) is 3.88. The van der Waals surface area contributed by atoms with E-state index in [1.54, 1.807) is 0 Å². The number of hydrogen-bond donors (Lipinski definition) is 2. The van der Waals surface area contributed by atoms with E-state index in [0.29, 0.717) is 6.42 Å². The van der Waals surface area contributed by atoms with E-state index in [1.165, 1.54) is 6.42 Å². The number of amides is 1. The Kier molecular flexibility index (Phi) is 4.22. The highest BCUT2D eigenvalue weighted by atomic mass is 16.1. The highest BCUT2D eigenvalue weighted by Crippen LogP contribution is 2.36. The maximum absolute atomic E-state index is 11.0. The molecule has 1 saturated carbocycles. The Hall–Kier alpha value is -0.570. The molecule has 0 heterocycles. The summed E-state index contributed by atoms with van der Waals surface area (Å²) in [6.45, 7) is 6.85. The molecule has 0 saturated heterocycles. The van der Waals surface area contributed by atoms with Crippen molar-refractivity contribution in [3.63, 3.8) is 0 Å². The van der Waals surface area contributed by atoms with Gasteiger partial charge in [-0.05, 0) is 31.7 Å². The standard InChI is InChI=1S/C10H20N2O/c1-3-12-10(13)4-5-11-7-9-6-8(9)2/h8-9,11H,3-7H2,1-2H3,(H,12,13). The van der Waals surface area contributed by atoms with Gasteiger partial charge in [0.2, 0.25) is 5.91 Å². The Balaban J connectivity index is 1.86. The van der Waals surface area contributed by atoms with Gasteiger partial charge in [0, 0.05) is 19.5 Å². The number of carbonyl (C=O) groups is 1. The molecule has 0 aromatic carbocycles. The molecule has 0 bridgehead atoms. The van der Waals surface area contributed by atoms with Crippen LogP contribution in [-0.2, 0) is 4.79 Å². The maximum atomic E-state index is 11.0. The molecule has 3 heteroatoms. The fourth-order valence-corrected chi connectivity index (χ4v) is 1.46. The molecule has 0 aliphatic heterocycles. The summed E-state index contributed by atoms with van der Waals surface area (Å²) in [6.07, 6.45) is 1.96. The monoisotopic (exact) mass is 184 g/mol. The van der Waals surface area contributed by atoms with Crippen LogP contribution in [-0.4, -0.2) is 25.5 Å². The van der Waals surface area contributed by atoms with Crippen LogP contribution in [0.2, 0.25) is 0 Å². The van der Waals surface area contributed by atoms with E-state index in [1.807, 2.05) is 6.92 Å². The average Bonchev–Trinajstić information content (AvgIpc) is 2.77. The summed E-state index contributed by atoms with van der Waals surface area (Å²) in [5, 5.41) is 6.09. The quantitative estimate of drug-likeness (QED) is 0.598. The molecule has 3 nitrogen and oxygen atoms in total. The van der Waals surface area contributed by atoms with Crippen LogP contribution in [0.1, 0.15) is 26.7 Å². The van der Waals surface area contributed by atoms with E-state index in [2.05, 4.69) is 17.6 Å². The Bertz CT molecular complexity index is 170. The minimum absolute atomic E-state index is 0.152. The SMILES string of the molecule is CCNC(=O)CCNCC1CC1C. The Morgan fingerprint density at radius 3 is 2.77 bits per heavy atom. The van der Waals surface area contributed by atoms with Gasteiger partial charge in [-0.15, -0.1) is 0 Å². The maximum Gasteiger partial charge on any atom is 0.221 e. The fraction of sp³-hybridized carbons (Fsp3) is 0.900. The average molecular weight is 184 g/mol. The van der Waals surface area contributed by atoms with Gasteiger partial charge in [-0.2, -0.15) is 0 Å². The van der Waals surface area contributed by atoms with Gasteiger partial charge in [0.1, 0.15) is 0 Å². The zero-order valence-electron chi connectivity index (χ0n) is 8.60. The van der Waals surface area contributed by atoms with Crippen molar-refractivity contribution >= 4 is 5.91 Å². The lowest BCUT2D eigenvalue weighted by Crippen LogP contribution is -2.28. The van der Waals surface area contributed by atoms with Crippen molar-refractivity contribution < 1.29 is 4.79 Å². The van der Waals surface area contributed by atoms with Crippen LogP contribution in [0.25, 0.3) is 0 Å². The highest BCUT2D eigenvalue weighted by molar-refractivity contribution is 5.75. The van der Waals surface area contributed by atoms with Gasteiger partial charge >= 0.3 is 0 Å². The third-order valence-corrected chi connectivity index (χ3v) is 2.59. The smallest absolute Gasteiger partial charge is 0.221 e. The largest absolute Gasteiger partial charge is 0.356 e. The molecule has 0 spiro atoms. The number of hydrogen-bond acceptors (Lipinski definition) is 2. The number of rotatable bonds is 6. The molecule has 1 amide bonds. The molecule has 2 N–H and O–H groups in total. The molecule has 1 rings (SSSR count). The lowest BCUT2D eigenvalue weighted by Gasteiger charge is -2.03. The van der Waals surface area contributed by atoms with Crippen molar-refractivity contribution in [1.29, 1.82) is 0 Å². The molecule has 0 aromatic heterocycles. The first kappa shape index (κ1) is 10.5. The number of nitrogens with one attached hydrogen (secondary N) is 2. The van der Waals surface area contributed by atoms with Crippen molar-refractivity contribution in [2.75, 3.05) is 19.6 Å². The molecule has 1 fully saturated rings. The molecule has 13 heavy (non-hydrogen) atoms. The minimum atomic E-state index is 0.152. The predicted octanol–water partition coefficient (Wildman–Crippen LogP) is 0.758. The van der Waals surface area contributed by atoms with Crippen molar-refractivity contribution in [3.05, 3.63) is 0 Å². The first-order valence-corrected chi connectivity index (χ1v) is 5.21. The molecule has 0 radical (unpaired) electrons. The molecule has 0 aromatic rings. The Labute approximate surface area is 80.3 Å². The summed E-state index contributed by atoms with van der Waals surface area (Å²) in [4.78, 5) is 11.0. The van der Waals surface area contributed by atoms with Crippen molar-refractivity contribution in [3.8, 4) is 0 Å². The molecular weight excluding hydrogens is 164 g/mol. The second-order valence-corrected chi connectivity index (χ2v) is 3.88. The second kappa shape index (κ2) is 5.22. The van der Waals surface area contributed by atoms with Gasteiger partial charge in [-0.3, -0.25) is 4.79 Å². The molecule has 76 valence electrons. The van der Waals surface area contributed by atoms with Crippen LogP contribution in [0.3, 0.4) is 0 Å². The van der Waals surface area contributed by atoms with Crippen LogP contribution in [0.5, 0.6) is 0 Å². The van der Waals surface area contributed by atoms with Gasteiger partial charge in [-0.1, -0.05) is 6.92 Å². The van der Waals surface area contributed by atoms with E-state index >= 15 is 0 Å². The van der Waals surface area contributed by atoms with Gasteiger partial charge in [0.25, 0.3) is 0 Å². The first-order chi connectivity index (χ1) is 6.24. The normalized spacial score (nSPS) is 25.7. The van der Waals surface area contributed by atoms with Gasteiger partial charge in [0.05, 0.1) is 0 Å². The van der Waals surface area contributed by atoms with Crippen molar-refractivity contribution in [2.45, 2.75) is 26.7 Å². The zero-order valence-corrected chi connectivity index (χ0v) is 8.60. The minimum Gasteiger partial charge on any atom is -0.356 e. The van der Waals surface area contributed by atoms with E-state index in [-0.39, 0.29) is 5.91 Å². The summed E-state index contributed by atoms with van der Waals surface area (Å²) < 4.78 is 0. The topological polar surface area (TPSA) is 41.1 Å². The Morgan fingerprint density at radius 1 is 1.54 bits per heavy atom. The van der Waals surface area contributed by atoms with Crippen LogP contribution >= 0.6 is 0 Å². The predicted molar refractivity (Wildman–Crippen MR) is 53.4 cm³/mol. The third-order valence-electron chi connectivity index (χ3n) is 2.59. The van der Waals surface area contributed by atoms with Crippen LogP contribution in [0.15, 0.2) is 0 Å². The van der Waals surface area contributed by atoms with E-state index in [9.17, 15) is 4.79 Å². The fourth-order valence-electron chi connectivity index (χ4n) is 1.46. The Morgan fingerprint density at radius 2 is 2.23 bits per heavy atom. The van der Waals surface area contributed by atoms with Crippen LogP contribution in [0, 0.1) is 11.8 Å². The lowest BCUT2D eigenvalue weighted by atomic mass is 10.3. The molecule has 1 aliphatic rings. The highest BCUT2D eigenvalue weighted by Gasteiger charge is 2.31. The summed E-state index contributed by atoms with van der Waals surface area (Å²) in [6, 6.07) is 0. The zero-order chi connectivity index (χ0) is 9.68. The summed E-state index contributed by atoms with van der Waals surface area (Å²) >= 11 is 0. The van der Waals surface area contributed by atoms with Crippen molar-refractivity contribution in [1.82, 2.24) is 10.6 Å². The van der Waals surface area contributed by atoms with Crippen LogP contribution < -0.4 is 10.6 Å². The van der Waals surface area contributed by atoms with E-state index < -0.39 is 0 Å². The van der Waals surface area contributed by atoms with Gasteiger partial charge in [-0.25, -0.2) is 0 Å². The van der Waals surface area contributed by atoms with Crippen molar-refractivity contribution in [2.24, 2.45) is 11.8 Å².